The lowest BCUT2D eigenvalue weighted by molar-refractivity contribution is 0.0696. The zero-order valence-electron chi connectivity index (χ0n) is 11.1. The molecule has 0 amide bonds. The fourth-order valence-electron chi connectivity index (χ4n) is 1.98. The van der Waals surface area contributed by atoms with E-state index in [-0.39, 0.29) is 11.1 Å². The highest BCUT2D eigenvalue weighted by atomic mass is 16.5. The minimum absolute atomic E-state index is 0.102. The monoisotopic (exact) mass is 273 g/mol. The van der Waals surface area contributed by atoms with Gasteiger partial charge in [-0.05, 0) is 24.1 Å². The lowest BCUT2D eigenvalue weighted by Gasteiger charge is -2.10. The molecule has 0 aliphatic heterocycles. The molecule has 0 spiro atoms. The van der Waals surface area contributed by atoms with Crippen LogP contribution in [-0.4, -0.2) is 22.8 Å². The molecule has 0 atom stereocenters. The van der Waals surface area contributed by atoms with Crippen molar-refractivity contribution < 1.29 is 14.6 Å². The standard InChI is InChI=1S/C15H15NO4/c1-20-13-5-3-2-4-11(13)8-9-16-10-12(15(18)19)6-7-14(16)17/h2-7,10H,8-9H2,1H3,(H,18,19). The molecule has 0 aliphatic rings. The van der Waals surface area contributed by atoms with Crippen molar-refractivity contribution in [2.45, 2.75) is 13.0 Å². The number of nitrogens with zero attached hydrogens (tertiary/aromatic N) is 1. The number of carboxylic acid groups (broad SMARTS) is 1. The van der Waals surface area contributed by atoms with Crippen LogP contribution >= 0.6 is 0 Å². The number of ether oxygens (including phenoxy) is 1. The Morgan fingerprint density at radius 3 is 2.70 bits per heavy atom. The van der Waals surface area contributed by atoms with E-state index in [9.17, 15) is 9.59 Å². The maximum absolute atomic E-state index is 11.7. The van der Waals surface area contributed by atoms with Gasteiger partial charge in [0, 0.05) is 18.8 Å². The number of methoxy groups -OCH3 is 1. The summed E-state index contributed by atoms with van der Waals surface area (Å²) in [6.07, 6.45) is 1.95. The second-order valence-electron chi connectivity index (χ2n) is 4.32. The number of aromatic carboxylic acids is 1. The molecule has 0 bridgehead atoms. The van der Waals surface area contributed by atoms with Gasteiger partial charge in [-0.3, -0.25) is 4.79 Å². The van der Waals surface area contributed by atoms with Crippen LogP contribution in [0, 0.1) is 0 Å². The van der Waals surface area contributed by atoms with Crippen molar-refractivity contribution in [1.29, 1.82) is 0 Å². The van der Waals surface area contributed by atoms with Crippen molar-refractivity contribution in [3.8, 4) is 5.75 Å². The van der Waals surface area contributed by atoms with E-state index in [2.05, 4.69) is 0 Å². The largest absolute Gasteiger partial charge is 0.496 e. The number of benzene rings is 1. The van der Waals surface area contributed by atoms with Crippen molar-refractivity contribution in [2.75, 3.05) is 7.11 Å². The number of pyridine rings is 1. The Balaban J connectivity index is 2.20. The van der Waals surface area contributed by atoms with E-state index >= 15 is 0 Å². The predicted octanol–water partition coefficient (Wildman–Crippen LogP) is 1.80. The summed E-state index contributed by atoms with van der Waals surface area (Å²) in [5.74, 6) is -0.286. The zero-order chi connectivity index (χ0) is 14.5. The summed E-state index contributed by atoms with van der Waals surface area (Å²) < 4.78 is 6.64. The molecule has 0 saturated carbocycles. The molecule has 5 nitrogen and oxygen atoms in total. The number of rotatable bonds is 5. The lowest BCUT2D eigenvalue weighted by Crippen LogP contribution is -2.21. The molecule has 2 aromatic rings. The number of aromatic nitrogens is 1. The Morgan fingerprint density at radius 2 is 2.00 bits per heavy atom. The highest BCUT2D eigenvalue weighted by molar-refractivity contribution is 5.87. The first kappa shape index (κ1) is 13.9. The van der Waals surface area contributed by atoms with Crippen LogP contribution in [0.5, 0.6) is 5.75 Å². The van der Waals surface area contributed by atoms with Crippen LogP contribution in [0.4, 0.5) is 0 Å². The van der Waals surface area contributed by atoms with Gasteiger partial charge >= 0.3 is 5.97 Å². The summed E-state index contributed by atoms with van der Waals surface area (Å²) in [5, 5.41) is 8.93. The molecule has 1 aromatic heterocycles. The van der Waals surface area contributed by atoms with Crippen LogP contribution in [0.15, 0.2) is 47.4 Å². The zero-order valence-corrected chi connectivity index (χ0v) is 11.1. The van der Waals surface area contributed by atoms with Crippen LogP contribution in [0.1, 0.15) is 15.9 Å². The summed E-state index contributed by atoms with van der Waals surface area (Å²) in [7, 11) is 1.59. The average molecular weight is 273 g/mol. The summed E-state index contributed by atoms with van der Waals surface area (Å²) in [4.78, 5) is 22.6. The highest BCUT2D eigenvalue weighted by Gasteiger charge is 2.06. The third-order valence-corrected chi connectivity index (χ3v) is 3.04. The van der Waals surface area contributed by atoms with Gasteiger partial charge in [-0.25, -0.2) is 4.79 Å². The summed E-state index contributed by atoms with van der Waals surface area (Å²) in [6, 6.07) is 10.1. The Bertz CT molecular complexity index is 676. The quantitative estimate of drug-likeness (QED) is 0.902. The molecule has 1 N–H and O–H groups in total. The van der Waals surface area contributed by atoms with Gasteiger partial charge < -0.3 is 14.4 Å². The second-order valence-corrected chi connectivity index (χ2v) is 4.32. The van der Waals surface area contributed by atoms with Gasteiger partial charge in [0.15, 0.2) is 0 Å². The molecule has 0 radical (unpaired) electrons. The molecule has 0 fully saturated rings. The second kappa shape index (κ2) is 6.06. The SMILES string of the molecule is COc1ccccc1CCn1cc(C(=O)O)ccc1=O. The number of carbonyl (C=O) groups is 1. The molecular formula is C15H15NO4. The van der Waals surface area contributed by atoms with Gasteiger partial charge in [0.05, 0.1) is 12.7 Å². The summed E-state index contributed by atoms with van der Waals surface area (Å²) >= 11 is 0. The van der Waals surface area contributed by atoms with Gasteiger partial charge in [-0.15, -0.1) is 0 Å². The molecule has 0 unspecified atom stereocenters. The predicted molar refractivity (Wildman–Crippen MR) is 74.4 cm³/mol. The first-order valence-electron chi connectivity index (χ1n) is 6.17. The van der Waals surface area contributed by atoms with Crippen molar-refractivity contribution in [3.63, 3.8) is 0 Å². The van der Waals surface area contributed by atoms with E-state index in [0.717, 1.165) is 11.3 Å². The van der Waals surface area contributed by atoms with Crippen molar-refractivity contribution >= 4 is 5.97 Å². The Hall–Kier alpha value is -2.56. The van der Waals surface area contributed by atoms with Crippen LogP contribution in [-0.2, 0) is 13.0 Å². The number of carboxylic acids is 1. The Morgan fingerprint density at radius 1 is 1.25 bits per heavy atom. The number of hydrogen-bond donors (Lipinski definition) is 1. The maximum Gasteiger partial charge on any atom is 0.337 e. The van der Waals surface area contributed by atoms with Crippen LogP contribution in [0.2, 0.25) is 0 Å². The summed E-state index contributed by atoms with van der Waals surface area (Å²) in [5.41, 5.74) is 0.858. The highest BCUT2D eigenvalue weighted by Crippen LogP contribution is 2.18. The van der Waals surface area contributed by atoms with E-state index in [0.29, 0.717) is 13.0 Å². The first-order valence-corrected chi connectivity index (χ1v) is 6.17. The van der Waals surface area contributed by atoms with Gasteiger partial charge in [0.1, 0.15) is 5.75 Å². The topological polar surface area (TPSA) is 68.5 Å². The van der Waals surface area contributed by atoms with Gasteiger partial charge in [0.25, 0.3) is 5.56 Å². The van der Waals surface area contributed by atoms with Gasteiger partial charge in [0.2, 0.25) is 0 Å². The minimum Gasteiger partial charge on any atom is -0.496 e. The van der Waals surface area contributed by atoms with Gasteiger partial charge in [-0.2, -0.15) is 0 Å². The van der Waals surface area contributed by atoms with Crippen LogP contribution in [0.25, 0.3) is 0 Å². The van der Waals surface area contributed by atoms with Crippen molar-refractivity contribution in [1.82, 2.24) is 4.57 Å². The summed E-state index contributed by atoms with van der Waals surface area (Å²) in [6.45, 7) is 0.403. The fourth-order valence-corrected chi connectivity index (χ4v) is 1.98. The number of para-hydroxylation sites is 1. The van der Waals surface area contributed by atoms with E-state index in [1.54, 1.807) is 7.11 Å². The molecule has 1 aromatic carbocycles. The Kier molecular flexibility index (Phi) is 4.20. The fraction of sp³-hybridized carbons (Fsp3) is 0.200. The molecule has 5 heteroatoms. The minimum atomic E-state index is -1.05. The molecule has 0 aliphatic carbocycles. The van der Waals surface area contributed by atoms with E-state index < -0.39 is 5.97 Å². The van der Waals surface area contributed by atoms with Gasteiger partial charge in [-0.1, -0.05) is 18.2 Å². The van der Waals surface area contributed by atoms with Crippen LogP contribution in [0.3, 0.4) is 0 Å². The van der Waals surface area contributed by atoms with E-state index in [1.165, 1.54) is 22.9 Å². The average Bonchev–Trinajstić information content (AvgIpc) is 2.46. The lowest BCUT2D eigenvalue weighted by atomic mass is 10.1. The van der Waals surface area contributed by atoms with E-state index in [4.69, 9.17) is 9.84 Å². The smallest absolute Gasteiger partial charge is 0.337 e. The van der Waals surface area contributed by atoms with Crippen molar-refractivity contribution in [3.05, 3.63) is 64.1 Å². The third-order valence-electron chi connectivity index (χ3n) is 3.04. The molecule has 20 heavy (non-hydrogen) atoms. The molecule has 2 rings (SSSR count). The molecule has 104 valence electrons. The molecule has 0 saturated heterocycles. The molecule has 1 heterocycles. The molecular weight excluding hydrogens is 258 g/mol. The third kappa shape index (κ3) is 3.06. The maximum atomic E-state index is 11.7. The number of aryl methyl sites for hydroxylation is 2. The number of hydrogen-bond acceptors (Lipinski definition) is 3. The van der Waals surface area contributed by atoms with Crippen molar-refractivity contribution in [2.24, 2.45) is 0 Å². The van der Waals surface area contributed by atoms with Crippen LogP contribution < -0.4 is 10.3 Å². The first-order chi connectivity index (χ1) is 9.61. The Labute approximate surface area is 116 Å². The normalized spacial score (nSPS) is 10.2. The van der Waals surface area contributed by atoms with E-state index in [1.807, 2.05) is 24.3 Å².